The molecule has 0 spiro atoms. The van der Waals surface area contributed by atoms with Crippen molar-refractivity contribution < 1.29 is 8.42 Å². The minimum atomic E-state index is -3.32. The maximum atomic E-state index is 12.4. The van der Waals surface area contributed by atoms with Crippen molar-refractivity contribution in [1.82, 2.24) is 8.87 Å². The van der Waals surface area contributed by atoms with Gasteiger partial charge in [-0.15, -0.1) is 0 Å². The van der Waals surface area contributed by atoms with Gasteiger partial charge in [0.05, 0.1) is 4.90 Å². The van der Waals surface area contributed by atoms with E-state index in [1.54, 1.807) is 27.3 Å². The first-order valence-electron chi connectivity index (χ1n) is 6.36. The Kier molecular flexibility index (Phi) is 4.09. The minimum Gasteiger partial charge on any atom is -0.356 e. The average Bonchev–Trinajstić information content (AvgIpc) is 2.77. The summed E-state index contributed by atoms with van der Waals surface area (Å²) in [5, 5.41) is 0. The van der Waals surface area contributed by atoms with E-state index in [9.17, 15) is 8.42 Å². The molecular formula is C12H21N3O2S. The Bertz CT molecular complexity index is 493. The third-order valence-electron chi connectivity index (χ3n) is 3.50. The molecule has 2 heterocycles. The lowest BCUT2D eigenvalue weighted by atomic mass is 9.96. The first-order chi connectivity index (χ1) is 8.54. The zero-order chi connectivity index (χ0) is 13.2. The molecule has 1 atom stereocenters. The monoisotopic (exact) mass is 271 g/mol. The van der Waals surface area contributed by atoms with Crippen molar-refractivity contribution in [2.24, 2.45) is 18.7 Å². The van der Waals surface area contributed by atoms with Crippen molar-refractivity contribution in [1.29, 1.82) is 0 Å². The van der Waals surface area contributed by atoms with E-state index in [1.807, 2.05) is 7.05 Å². The summed E-state index contributed by atoms with van der Waals surface area (Å²) in [4.78, 5) is 0.387. The van der Waals surface area contributed by atoms with Gasteiger partial charge >= 0.3 is 0 Å². The average molecular weight is 271 g/mol. The Labute approximate surface area is 109 Å². The van der Waals surface area contributed by atoms with Crippen LogP contribution in [0.3, 0.4) is 0 Å². The van der Waals surface area contributed by atoms with Gasteiger partial charge in [-0.05, 0) is 37.8 Å². The number of rotatable bonds is 4. The number of sulfonamides is 1. The largest absolute Gasteiger partial charge is 0.356 e. The van der Waals surface area contributed by atoms with E-state index < -0.39 is 10.0 Å². The van der Waals surface area contributed by atoms with E-state index in [0.29, 0.717) is 30.4 Å². The summed E-state index contributed by atoms with van der Waals surface area (Å²) in [5.74, 6) is 0.405. The molecule has 0 aromatic carbocycles. The van der Waals surface area contributed by atoms with Crippen LogP contribution < -0.4 is 5.73 Å². The van der Waals surface area contributed by atoms with Gasteiger partial charge in [0.2, 0.25) is 10.0 Å². The van der Waals surface area contributed by atoms with Gasteiger partial charge in [0, 0.05) is 32.5 Å². The van der Waals surface area contributed by atoms with Crippen molar-refractivity contribution in [3.8, 4) is 0 Å². The highest BCUT2D eigenvalue weighted by Crippen LogP contribution is 2.25. The van der Waals surface area contributed by atoms with Crippen LogP contribution in [0, 0.1) is 5.92 Å². The summed E-state index contributed by atoms with van der Waals surface area (Å²) in [6.45, 7) is 1.86. The Morgan fingerprint density at radius 2 is 2.28 bits per heavy atom. The minimum absolute atomic E-state index is 0.387. The molecule has 2 N–H and O–H groups in total. The Morgan fingerprint density at radius 1 is 1.50 bits per heavy atom. The normalized spacial score (nSPS) is 22.2. The summed E-state index contributed by atoms with van der Waals surface area (Å²) in [7, 11) is -1.49. The van der Waals surface area contributed by atoms with Gasteiger partial charge in [-0.3, -0.25) is 0 Å². The second-order valence-corrected chi connectivity index (χ2v) is 6.90. The van der Waals surface area contributed by atoms with Crippen LogP contribution in [0.5, 0.6) is 0 Å². The highest BCUT2D eigenvalue weighted by atomic mass is 32.2. The van der Waals surface area contributed by atoms with E-state index in [0.717, 1.165) is 19.3 Å². The highest BCUT2D eigenvalue weighted by molar-refractivity contribution is 7.89. The molecule has 1 aromatic rings. The number of hydrogen-bond donors (Lipinski definition) is 1. The lowest BCUT2D eigenvalue weighted by molar-refractivity contribution is 0.258. The SMILES string of the molecule is Cn1ccc(S(=O)(=O)N2CCCC(CCN)C2)c1. The molecule has 0 bridgehead atoms. The predicted octanol–water partition coefficient (Wildman–Crippen LogP) is 0.775. The molecule has 0 aliphatic carbocycles. The number of nitrogens with zero attached hydrogens (tertiary/aromatic N) is 2. The number of piperidine rings is 1. The third-order valence-corrected chi connectivity index (χ3v) is 5.35. The van der Waals surface area contributed by atoms with Crippen molar-refractivity contribution in [2.75, 3.05) is 19.6 Å². The summed E-state index contributed by atoms with van der Waals surface area (Å²) in [6, 6.07) is 1.65. The molecule has 1 aliphatic heterocycles. The molecule has 0 saturated carbocycles. The van der Waals surface area contributed by atoms with E-state index in [4.69, 9.17) is 5.73 Å². The Balaban J connectivity index is 2.15. The van der Waals surface area contributed by atoms with Crippen LogP contribution in [0.1, 0.15) is 19.3 Å². The van der Waals surface area contributed by atoms with Gasteiger partial charge in [0.25, 0.3) is 0 Å². The summed E-state index contributed by atoms with van der Waals surface area (Å²) in [6.07, 6.45) is 6.33. The van der Waals surface area contributed by atoms with E-state index >= 15 is 0 Å². The van der Waals surface area contributed by atoms with Crippen molar-refractivity contribution in [3.05, 3.63) is 18.5 Å². The molecule has 1 aliphatic rings. The van der Waals surface area contributed by atoms with Crippen LogP contribution in [0.15, 0.2) is 23.4 Å². The molecule has 1 saturated heterocycles. The second-order valence-electron chi connectivity index (χ2n) is 4.96. The quantitative estimate of drug-likeness (QED) is 0.879. The zero-order valence-electron chi connectivity index (χ0n) is 10.7. The van der Waals surface area contributed by atoms with E-state index in [-0.39, 0.29) is 0 Å². The fraction of sp³-hybridized carbons (Fsp3) is 0.667. The van der Waals surface area contributed by atoms with Crippen molar-refractivity contribution in [2.45, 2.75) is 24.2 Å². The van der Waals surface area contributed by atoms with Crippen LogP contribution in [0.4, 0.5) is 0 Å². The highest BCUT2D eigenvalue weighted by Gasteiger charge is 2.30. The molecular weight excluding hydrogens is 250 g/mol. The molecule has 0 radical (unpaired) electrons. The standard InChI is InChI=1S/C12H21N3O2S/c1-14-8-5-12(10-14)18(16,17)15-7-2-3-11(9-15)4-6-13/h5,8,10-11H,2-4,6-7,9,13H2,1H3. The van der Waals surface area contributed by atoms with Gasteiger partial charge in [-0.25, -0.2) is 8.42 Å². The molecule has 102 valence electrons. The molecule has 1 unspecified atom stereocenters. The summed E-state index contributed by atoms with van der Waals surface area (Å²) in [5.41, 5.74) is 5.56. The molecule has 1 fully saturated rings. The summed E-state index contributed by atoms with van der Waals surface area (Å²) >= 11 is 0. The van der Waals surface area contributed by atoms with Gasteiger partial charge in [-0.2, -0.15) is 4.31 Å². The zero-order valence-corrected chi connectivity index (χ0v) is 11.6. The fourth-order valence-electron chi connectivity index (χ4n) is 2.50. The summed E-state index contributed by atoms with van der Waals surface area (Å²) < 4.78 is 28.2. The number of aromatic nitrogens is 1. The molecule has 5 nitrogen and oxygen atoms in total. The molecule has 2 rings (SSSR count). The van der Waals surface area contributed by atoms with Crippen LogP contribution in [-0.4, -0.2) is 36.9 Å². The number of hydrogen-bond acceptors (Lipinski definition) is 3. The predicted molar refractivity (Wildman–Crippen MR) is 70.6 cm³/mol. The first-order valence-corrected chi connectivity index (χ1v) is 7.80. The maximum Gasteiger partial charge on any atom is 0.244 e. The van der Waals surface area contributed by atoms with Crippen molar-refractivity contribution >= 4 is 10.0 Å². The van der Waals surface area contributed by atoms with Crippen LogP contribution >= 0.6 is 0 Å². The van der Waals surface area contributed by atoms with Crippen LogP contribution in [0.2, 0.25) is 0 Å². The second kappa shape index (κ2) is 5.42. The lowest BCUT2D eigenvalue weighted by Gasteiger charge is -2.31. The molecule has 1 aromatic heterocycles. The van der Waals surface area contributed by atoms with Gasteiger partial charge in [0.15, 0.2) is 0 Å². The molecule has 6 heteroatoms. The van der Waals surface area contributed by atoms with Crippen molar-refractivity contribution in [3.63, 3.8) is 0 Å². The smallest absolute Gasteiger partial charge is 0.244 e. The number of aryl methyl sites for hydroxylation is 1. The van der Waals surface area contributed by atoms with Gasteiger partial charge in [-0.1, -0.05) is 0 Å². The van der Waals surface area contributed by atoms with Crippen LogP contribution in [0.25, 0.3) is 0 Å². The van der Waals surface area contributed by atoms with E-state index in [1.165, 1.54) is 0 Å². The fourth-order valence-corrected chi connectivity index (χ4v) is 4.10. The lowest BCUT2D eigenvalue weighted by Crippen LogP contribution is -2.40. The van der Waals surface area contributed by atoms with Gasteiger partial charge in [0.1, 0.15) is 0 Å². The first kappa shape index (κ1) is 13.6. The maximum absolute atomic E-state index is 12.4. The Hall–Kier alpha value is -0.850. The third kappa shape index (κ3) is 2.76. The molecule has 0 amide bonds. The molecule has 18 heavy (non-hydrogen) atoms. The van der Waals surface area contributed by atoms with Crippen LogP contribution in [-0.2, 0) is 17.1 Å². The number of nitrogens with two attached hydrogens (primary N) is 1. The Morgan fingerprint density at radius 3 is 2.89 bits per heavy atom. The van der Waals surface area contributed by atoms with E-state index in [2.05, 4.69) is 0 Å². The van der Waals surface area contributed by atoms with Gasteiger partial charge < -0.3 is 10.3 Å². The topological polar surface area (TPSA) is 68.3 Å².